The number of nitro groups is 1. The van der Waals surface area contributed by atoms with Gasteiger partial charge in [-0.1, -0.05) is 12.8 Å². The fourth-order valence-corrected chi connectivity index (χ4v) is 4.31. The number of pyridine rings is 1. The third-order valence-electron chi connectivity index (χ3n) is 5.74. The molecular formula is C19H24N6O3. The smallest absolute Gasteiger partial charge is 0.311 e. The fourth-order valence-electron chi connectivity index (χ4n) is 4.31. The van der Waals surface area contributed by atoms with Gasteiger partial charge in [0.25, 0.3) is 0 Å². The second-order valence-electron chi connectivity index (χ2n) is 7.56. The van der Waals surface area contributed by atoms with E-state index in [1.54, 1.807) is 18.5 Å². The second kappa shape index (κ2) is 7.95. The minimum atomic E-state index is -0.393. The van der Waals surface area contributed by atoms with Crippen LogP contribution in [0.15, 0.2) is 24.5 Å². The lowest BCUT2D eigenvalue weighted by atomic mass is 9.93. The maximum atomic E-state index is 12.5. The van der Waals surface area contributed by atoms with Crippen LogP contribution < -0.4 is 10.2 Å². The van der Waals surface area contributed by atoms with Crippen molar-refractivity contribution in [3.63, 3.8) is 0 Å². The average Bonchev–Trinajstić information content (AvgIpc) is 3.40. The molecule has 0 bridgehead atoms. The molecule has 0 unspecified atom stereocenters. The number of nitrogens with one attached hydrogen (secondary N) is 2. The van der Waals surface area contributed by atoms with Gasteiger partial charge < -0.3 is 10.2 Å². The van der Waals surface area contributed by atoms with E-state index in [0.717, 1.165) is 49.9 Å². The topological polar surface area (TPSA) is 117 Å². The van der Waals surface area contributed by atoms with Crippen molar-refractivity contribution in [1.82, 2.24) is 15.2 Å². The van der Waals surface area contributed by atoms with Crippen LogP contribution in [0.5, 0.6) is 0 Å². The monoisotopic (exact) mass is 384 g/mol. The van der Waals surface area contributed by atoms with Crippen LogP contribution in [0.1, 0.15) is 50.1 Å². The maximum Gasteiger partial charge on any atom is 0.311 e. The number of carbonyl (C=O) groups excluding carboxylic acids is 1. The Labute approximate surface area is 162 Å². The normalized spacial score (nSPS) is 20.3. The van der Waals surface area contributed by atoms with Gasteiger partial charge >= 0.3 is 5.69 Å². The van der Waals surface area contributed by atoms with Gasteiger partial charge in [0.2, 0.25) is 11.7 Å². The molecule has 1 saturated heterocycles. The van der Waals surface area contributed by atoms with Gasteiger partial charge in [0.05, 0.1) is 22.5 Å². The summed E-state index contributed by atoms with van der Waals surface area (Å²) in [4.78, 5) is 29.7. The first-order valence-corrected chi connectivity index (χ1v) is 9.82. The predicted molar refractivity (Wildman–Crippen MR) is 104 cm³/mol. The molecule has 3 heterocycles. The molecule has 2 N–H and O–H groups in total. The Balaban J connectivity index is 1.51. The number of piperidine rings is 1. The highest BCUT2D eigenvalue weighted by atomic mass is 16.6. The van der Waals surface area contributed by atoms with Crippen molar-refractivity contribution in [3.8, 4) is 0 Å². The number of carbonyl (C=O) groups is 1. The first-order chi connectivity index (χ1) is 13.6. The number of amides is 1. The highest BCUT2D eigenvalue weighted by Gasteiger charge is 2.30. The predicted octanol–water partition coefficient (Wildman–Crippen LogP) is 3.23. The number of aromatic nitrogens is 3. The minimum Gasteiger partial charge on any atom is -0.350 e. The Morgan fingerprint density at radius 1 is 1.29 bits per heavy atom. The van der Waals surface area contributed by atoms with E-state index in [9.17, 15) is 14.9 Å². The Hall–Kier alpha value is -2.97. The van der Waals surface area contributed by atoms with Crippen molar-refractivity contribution < 1.29 is 9.72 Å². The molecule has 148 valence electrons. The molecule has 0 radical (unpaired) electrons. The van der Waals surface area contributed by atoms with Crippen molar-refractivity contribution >= 4 is 23.1 Å². The van der Waals surface area contributed by atoms with E-state index in [1.165, 1.54) is 6.07 Å². The summed E-state index contributed by atoms with van der Waals surface area (Å²) in [6.45, 7) is 1.30. The van der Waals surface area contributed by atoms with Crippen LogP contribution in [0.25, 0.3) is 0 Å². The molecule has 9 nitrogen and oxygen atoms in total. The van der Waals surface area contributed by atoms with Gasteiger partial charge in [-0.2, -0.15) is 5.10 Å². The summed E-state index contributed by atoms with van der Waals surface area (Å²) in [7, 11) is 0. The molecule has 1 saturated carbocycles. The van der Waals surface area contributed by atoms with Gasteiger partial charge in [-0.3, -0.25) is 20.0 Å². The lowest BCUT2D eigenvalue weighted by Crippen LogP contribution is -2.35. The molecule has 2 aromatic heterocycles. The molecule has 1 amide bonds. The zero-order valence-corrected chi connectivity index (χ0v) is 15.6. The minimum absolute atomic E-state index is 0.0162. The summed E-state index contributed by atoms with van der Waals surface area (Å²) in [5.41, 5.74) is 1.62. The third-order valence-corrected chi connectivity index (χ3v) is 5.74. The van der Waals surface area contributed by atoms with Crippen LogP contribution in [0.2, 0.25) is 0 Å². The molecule has 4 rings (SSSR count). The molecule has 0 aromatic carbocycles. The first-order valence-electron chi connectivity index (χ1n) is 9.82. The first kappa shape index (κ1) is 18.4. The Bertz CT molecular complexity index is 861. The molecule has 0 spiro atoms. The summed E-state index contributed by atoms with van der Waals surface area (Å²) in [6.07, 6.45) is 9.14. The molecule has 2 fully saturated rings. The van der Waals surface area contributed by atoms with Crippen LogP contribution in [-0.4, -0.2) is 39.1 Å². The zero-order chi connectivity index (χ0) is 19.5. The number of hydrogen-bond acceptors (Lipinski definition) is 6. The van der Waals surface area contributed by atoms with Gasteiger partial charge in [-0.15, -0.1) is 0 Å². The zero-order valence-electron chi connectivity index (χ0n) is 15.6. The number of anilines is 2. The van der Waals surface area contributed by atoms with Gasteiger partial charge in [0.1, 0.15) is 0 Å². The third kappa shape index (κ3) is 3.69. The van der Waals surface area contributed by atoms with Crippen molar-refractivity contribution in [3.05, 3.63) is 40.3 Å². The van der Waals surface area contributed by atoms with E-state index in [4.69, 9.17) is 0 Å². The summed E-state index contributed by atoms with van der Waals surface area (Å²) >= 11 is 0. The standard InChI is InChI=1S/C19H24N6O3/c26-19(13-5-1-2-6-13)22-15-11-21-23-17(15)14-7-4-10-24(12-14)18-16(25(27)28)8-3-9-20-18/h3,8-9,11,13-14H,1-2,4-7,10,12H2,(H,21,23)(H,22,26)/t14-/m0/s1. The highest BCUT2D eigenvalue weighted by molar-refractivity contribution is 5.93. The van der Waals surface area contributed by atoms with E-state index in [0.29, 0.717) is 18.9 Å². The molecule has 28 heavy (non-hydrogen) atoms. The van der Waals surface area contributed by atoms with Crippen LogP contribution in [0.3, 0.4) is 0 Å². The summed E-state index contributed by atoms with van der Waals surface area (Å²) in [5.74, 6) is 0.639. The SMILES string of the molecule is O=C(Nc1cn[nH]c1[C@H]1CCCN(c2ncccc2[N+](=O)[O-])C1)C1CCCC1. The Kier molecular flexibility index (Phi) is 5.23. The van der Waals surface area contributed by atoms with Crippen LogP contribution in [0.4, 0.5) is 17.2 Å². The van der Waals surface area contributed by atoms with Gasteiger partial charge in [-0.25, -0.2) is 4.98 Å². The van der Waals surface area contributed by atoms with Gasteiger partial charge in [0.15, 0.2) is 0 Å². The lowest BCUT2D eigenvalue weighted by molar-refractivity contribution is -0.384. The summed E-state index contributed by atoms with van der Waals surface area (Å²) < 4.78 is 0. The Morgan fingerprint density at radius 3 is 2.89 bits per heavy atom. The maximum absolute atomic E-state index is 12.5. The largest absolute Gasteiger partial charge is 0.350 e. The quantitative estimate of drug-likeness (QED) is 0.604. The van der Waals surface area contributed by atoms with E-state index >= 15 is 0 Å². The van der Waals surface area contributed by atoms with Crippen LogP contribution >= 0.6 is 0 Å². The van der Waals surface area contributed by atoms with Crippen molar-refractivity contribution in [2.75, 3.05) is 23.3 Å². The molecule has 1 aliphatic heterocycles. The van der Waals surface area contributed by atoms with E-state index in [1.807, 2.05) is 4.90 Å². The molecule has 2 aromatic rings. The van der Waals surface area contributed by atoms with E-state index in [-0.39, 0.29) is 23.4 Å². The summed E-state index contributed by atoms with van der Waals surface area (Å²) in [6, 6.07) is 3.06. The van der Waals surface area contributed by atoms with Crippen LogP contribution in [-0.2, 0) is 4.79 Å². The van der Waals surface area contributed by atoms with Crippen molar-refractivity contribution in [2.24, 2.45) is 5.92 Å². The number of hydrogen-bond donors (Lipinski definition) is 2. The second-order valence-corrected chi connectivity index (χ2v) is 7.56. The van der Waals surface area contributed by atoms with Gasteiger partial charge in [0, 0.05) is 37.2 Å². The van der Waals surface area contributed by atoms with Crippen LogP contribution in [0, 0.1) is 16.0 Å². The molecule has 1 atom stereocenters. The average molecular weight is 384 g/mol. The highest BCUT2D eigenvalue weighted by Crippen LogP contribution is 2.35. The summed E-state index contributed by atoms with van der Waals surface area (Å²) in [5, 5.41) is 21.6. The Morgan fingerprint density at radius 2 is 2.11 bits per heavy atom. The van der Waals surface area contributed by atoms with Gasteiger partial charge in [-0.05, 0) is 31.7 Å². The van der Waals surface area contributed by atoms with E-state index in [2.05, 4.69) is 20.5 Å². The molecule has 1 aliphatic carbocycles. The fraction of sp³-hybridized carbons (Fsp3) is 0.526. The van der Waals surface area contributed by atoms with Crippen molar-refractivity contribution in [1.29, 1.82) is 0 Å². The lowest BCUT2D eigenvalue weighted by Gasteiger charge is -2.33. The molecule has 9 heteroatoms. The van der Waals surface area contributed by atoms with Crippen molar-refractivity contribution in [2.45, 2.75) is 44.4 Å². The van der Waals surface area contributed by atoms with E-state index < -0.39 is 4.92 Å². The number of nitrogens with zero attached hydrogens (tertiary/aromatic N) is 4. The molecular weight excluding hydrogens is 360 g/mol. The number of aromatic amines is 1. The number of rotatable bonds is 5. The number of H-pyrrole nitrogens is 1. The molecule has 2 aliphatic rings.